The number of unbranched alkanes of at least 4 members (excludes halogenated alkanes) is 6. The lowest BCUT2D eigenvalue weighted by molar-refractivity contribution is 0.143. The van der Waals surface area contributed by atoms with Gasteiger partial charge in [-0.25, -0.2) is 3.63 Å². The van der Waals surface area contributed by atoms with Crippen molar-refractivity contribution in [3.8, 4) is 0 Å². The van der Waals surface area contributed by atoms with E-state index in [4.69, 9.17) is 13.1 Å². The zero-order chi connectivity index (χ0) is 21.4. The number of rotatable bonds is 24. The van der Waals surface area contributed by atoms with Crippen molar-refractivity contribution in [2.24, 2.45) is 0 Å². The maximum Gasteiger partial charge on any atom is 0.0465 e. The van der Waals surface area contributed by atoms with E-state index in [2.05, 4.69) is 27.7 Å². The molecule has 0 aromatic rings. The normalized spacial score (nSPS) is 13.7. The maximum absolute atomic E-state index is 6.15. The highest BCUT2D eigenvalue weighted by Crippen LogP contribution is 2.33. The molecule has 2 unspecified atom stereocenters. The lowest BCUT2D eigenvalue weighted by Crippen LogP contribution is -2.07. The minimum absolute atomic E-state index is 0.630. The number of hydrogen-bond acceptors (Lipinski definition) is 5. The Morgan fingerprint density at radius 3 is 1.24 bits per heavy atom. The van der Waals surface area contributed by atoms with Crippen molar-refractivity contribution in [2.45, 2.75) is 128 Å². The molecular weight excluding hydrogens is 400 g/mol. The second kappa shape index (κ2) is 24.8. The van der Waals surface area contributed by atoms with Gasteiger partial charge in [-0.1, -0.05) is 52.4 Å². The van der Waals surface area contributed by atoms with Crippen LogP contribution in [0.4, 0.5) is 0 Å². The van der Waals surface area contributed by atoms with Crippen molar-refractivity contribution in [3.05, 3.63) is 0 Å². The van der Waals surface area contributed by atoms with E-state index in [1.807, 2.05) is 0 Å². The van der Waals surface area contributed by atoms with E-state index in [0.717, 1.165) is 26.4 Å². The molecule has 2 atom stereocenters. The van der Waals surface area contributed by atoms with Crippen LogP contribution in [0.25, 0.3) is 0 Å². The summed E-state index contributed by atoms with van der Waals surface area (Å²) in [4.78, 5) is 0. The van der Waals surface area contributed by atoms with Gasteiger partial charge in [-0.2, -0.15) is 0 Å². The predicted molar refractivity (Wildman–Crippen MR) is 133 cm³/mol. The van der Waals surface area contributed by atoms with E-state index >= 15 is 0 Å². The largest absolute Gasteiger partial charge is 0.382 e. The monoisotopic (exact) mass is 450 g/mol. The van der Waals surface area contributed by atoms with Crippen LogP contribution in [0.2, 0.25) is 0 Å². The second-order valence-electron chi connectivity index (χ2n) is 7.88. The van der Waals surface area contributed by atoms with Gasteiger partial charge in [0.2, 0.25) is 0 Å². The highest BCUT2D eigenvalue weighted by atomic mass is 32.2. The molecule has 29 heavy (non-hydrogen) atoms. The molecule has 0 rings (SSSR count). The lowest BCUT2D eigenvalue weighted by atomic mass is 10.1. The van der Waals surface area contributed by atoms with Gasteiger partial charge in [-0.15, -0.1) is 0 Å². The zero-order valence-electron chi connectivity index (χ0n) is 19.9. The van der Waals surface area contributed by atoms with Crippen molar-refractivity contribution < 1.29 is 13.1 Å². The molecule has 3 nitrogen and oxygen atoms in total. The van der Waals surface area contributed by atoms with Crippen LogP contribution in [-0.2, 0) is 13.1 Å². The van der Waals surface area contributed by atoms with Gasteiger partial charge < -0.3 is 9.47 Å². The average Bonchev–Trinajstić information content (AvgIpc) is 2.72. The molecule has 0 saturated carbocycles. The molecule has 0 aliphatic rings. The molecule has 0 aromatic heterocycles. The summed E-state index contributed by atoms with van der Waals surface area (Å²) >= 11 is 3.50. The average molecular weight is 451 g/mol. The van der Waals surface area contributed by atoms with Gasteiger partial charge in [-0.3, -0.25) is 0 Å². The van der Waals surface area contributed by atoms with Crippen LogP contribution >= 0.6 is 24.1 Å². The van der Waals surface area contributed by atoms with Crippen LogP contribution in [0.3, 0.4) is 0 Å². The minimum atomic E-state index is 0.630. The van der Waals surface area contributed by atoms with Gasteiger partial charge in [0.05, 0.1) is 0 Å². The third kappa shape index (κ3) is 21.6. The quantitative estimate of drug-likeness (QED) is 0.108. The summed E-state index contributed by atoms with van der Waals surface area (Å²) < 4.78 is 17.1. The Hall–Kier alpha value is 0.580. The Bertz CT molecular complexity index is 278. The zero-order valence-corrected chi connectivity index (χ0v) is 21.6. The van der Waals surface area contributed by atoms with Crippen LogP contribution in [0.1, 0.15) is 118 Å². The summed E-state index contributed by atoms with van der Waals surface area (Å²) in [7, 11) is 0. The van der Waals surface area contributed by atoms with Gasteiger partial charge in [0.25, 0.3) is 0 Å². The Balaban J connectivity index is 4.20. The summed E-state index contributed by atoms with van der Waals surface area (Å²) in [5, 5.41) is 1.26. The molecule has 0 N–H and O–H groups in total. The summed E-state index contributed by atoms with van der Waals surface area (Å²) in [6.07, 6.45) is 17.8. The Morgan fingerprint density at radius 1 is 0.517 bits per heavy atom. The lowest BCUT2D eigenvalue weighted by Gasteiger charge is -2.19. The molecule has 0 spiro atoms. The van der Waals surface area contributed by atoms with E-state index in [9.17, 15) is 0 Å². The fourth-order valence-electron chi connectivity index (χ4n) is 3.30. The summed E-state index contributed by atoms with van der Waals surface area (Å²) in [6, 6.07) is 0. The second-order valence-corrected chi connectivity index (χ2v) is 10.1. The standard InChI is InChI=1S/C24H50O3S2/c1-5-9-11-17-23(19-13-15-21-25-7-3)28-27-29-24(18-12-10-6-2)20-14-16-22-26-8-4/h23-24H,5-22H2,1-4H3. The molecule has 0 aliphatic carbocycles. The molecule has 0 fully saturated rings. The van der Waals surface area contributed by atoms with E-state index in [1.54, 1.807) is 24.1 Å². The SMILES string of the molecule is CCCCCC(CCCCOCC)SOSC(CCCCC)CCCCOCC. The fourth-order valence-corrected chi connectivity index (χ4v) is 5.42. The minimum Gasteiger partial charge on any atom is -0.382 e. The maximum atomic E-state index is 6.15. The van der Waals surface area contributed by atoms with E-state index in [-0.39, 0.29) is 0 Å². The van der Waals surface area contributed by atoms with E-state index < -0.39 is 0 Å². The van der Waals surface area contributed by atoms with Crippen molar-refractivity contribution in [1.82, 2.24) is 0 Å². The Kier molecular flexibility index (Phi) is 25.3. The molecule has 0 saturated heterocycles. The van der Waals surface area contributed by atoms with Gasteiger partial charge in [-0.05, 0) is 65.2 Å². The van der Waals surface area contributed by atoms with Gasteiger partial charge >= 0.3 is 0 Å². The summed E-state index contributed by atoms with van der Waals surface area (Å²) in [5.74, 6) is 0. The van der Waals surface area contributed by atoms with Gasteiger partial charge in [0.15, 0.2) is 0 Å². The molecular formula is C24H50O3S2. The third-order valence-electron chi connectivity index (χ3n) is 5.15. The smallest absolute Gasteiger partial charge is 0.0465 e. The molecule has 0 aromatic carbocycles. The summed E-state index contributed by atoms with van der Waals surface area (Å²) in [6.45, 7) is 12.2. The molecule has 0 heterocycles. The fraction of sp³-hybridized carbons (Fsp3) is 1.00. The van der Waals surface area contributed by atoms with Crippen LogP contribution < -0.4 is 0 Å². The third-order valence-corrected chi connectivity index (χ3v) is 7.26. The van der Waals surface area contributed by atoms with Gasteiger partial charge in [0.1, 0.15) is 0 Å². The molecule has 5 heteroatoms. The van der Waals surface area contributed by atoms with Crippen LogP contribution in [0, 0.1) is 0 Å². The van der Waals surface area contributed by atoms with E-state index in [1.165, 1.54) is 89.9 Å². The van der Waals surface area contributed by atoms with Crippen LogP contribution in [0.5, 0.6) is 0 Å². The molecule has 0 aliphatic heterocycles. The van der Waals surface area contributed by atoms with Gasteiger partial charge in [0, 0.05) is 61.0 Å². The molecule has 176 valence electrons. The molecule has 0 bridgehead atoms. The topological polar surface area (TPSA) is 27.7 Å². The Labute approximate surface area is 191 Å². The number of hydrogen-bond donors (Lipinski definition) is 0. The molecule has 0 radical (unpaired) electrons. The van der Waals surface area contributed by atoms with Crippen LogP contribution in [-0.4, -0.2) is 36.9 Å². The first kappa shape index (κ1) is 29.6. The predicted octanol–water partition coefficient (Wildman–Crippen LogP) is 8.61. The van der Waals surface area contributed by atoms with E-state index in [0.29, 0.717) is 10.5 Å². The van der Waals surface area contributed by atoms with Crippen molar-refractivity contribution in [3.63, 3.8) is 0 Å². The van der Waals surface area contributed by atoms with Crippen molar-refractivity contribution in [2.75, 3.05) is 26.4 Å². The molecule has 0 amide bonds. The summed E-state index contributed by atoms with van der Waals surface area (Å²) in [5.41, 5.74) is 0. The first-order valence-electron chi connectivity index (χ1n) is 12.4. The first-order valence-corrected chi connectivity index (χ1v) is 14.0. The van der Waals surface area contributed by atoms with Crippen molar-refractivity contribution in [1.29, 1.82) is 0 Å². The highest BCUT2D eigenvalue weighted by Gasteiger charge is 2.15. The Morgan fingerprint density at radius 2 is 0.897 bits per heavy atom. The highest BCUT2D eigenvalue weighted by molar-refractivity contribution is 8.08. The van der Waals surface area contributed by atoms with Crippen molar-refractivity contribution >= 4 is 24.1 Å². The number of ether oxygens (including phenoxy) is 2. The first-order chi connectivity index (χ1) is 14.3. The van der Waals surface area contributed by atoms with Crippen LogP contribution in [0.15, 0.2) is 0 Å².